The molecule has 0 atom stereocenters. The topological polar surface area (TPSA) is 66.5 Å². The van der Waals surface area contributed by atoms with Crippen molar-refractivity contribution in [3.63, 3.8) is 0 Å². The maximum atomic E-state index is 13.9. The first-order valence-electron chi connectivity index (χ1n) is 10.6. The first-order valence-corrected chi connectivity index (χ1v) is 11.0. The molecule has 170 valence electrons. The van der Waals surface area contributed by atoms with Gasteiger partial charge in [-0.25, -0.2) is 4.39 Å². The minimum atomic E-state index is -0.320. The molecule has 8 heteroatoms. The van der Waals surface area contributed by atoms with Gasteiger partial charge in [-0.3, -0.25) is 9.78 Å². The molecule has 3 rings (SSSR count). The van der Waals surface area contributed by atoms with E-state index in [0.717, 1.165) is 23.4 Å². The number of pyridine rings is 1. The summed E-state index contributed by atoms with van der Waals surface area (Å²) in [6.45, 7) is 3.63. The molecule has 0 saturated heterocycles. The van der Waals surface area contributed by atoms with Crippen molar-refractivity contribution >= 4 is 28.8 Å². The van der Waals surface area contributed by atoms with Crippen molar-refractivity contribution in [2.45, 2.75) is 26.2 Å². The van der Waals surface area contributed by atoms with Crippen molar-refractivity contribution in [1.29, 1.82) is 0 Å². The van der Waals surface area contributed by atoms with Gasteiger partial charge in [0.2, 0.25) is 0 Å². The maximum absolute atomic E-state index is 13.9. The molecule has 0 spiro atoms. The van der Waals surface area contributed by atoms with Gasteiger partial charge in [-0.15, -0.1) is 0 Å². The summed E-state index contributed by atoms with van der Waals surface area (Å²) < 4.78 is 19.8. The highest BCUT2D eigenvalue weighted by molar-refractivity contribution is 7.81. The zero-order valence-electron chi connectivity index (χ0n) is 18.7. The third-order valence-electron chi connectivity index (χ3n) is 5.40. The molecule has 32 heavy (non-hydrogen) atoms. The molecule has 1 aliphatic heterocycles. The quantitative estimate of drug-likeness (QED) is 0.562. The van der Waals surface area contributed by atoms with Gasteiger partial charge in [-0.05, 0) is 64.0 Å². The molecule has 1 aromatic heterocycles. The normalized spacial score (nSPS) is 13.8. The van der Waals surface area contributed by atoms with E-state index in [0.29, 0.717) is 54.2 Å². The average Bonchev–Trinajstić information content (AvgIpc) is 2.76. The van der Waals surface area contributed by atoms with Crippen molar-refractivity contribution < 1.29 is 13.9 Å². The van der Waals surface area contributed by atoms with E-state index in [1.165, 1.54) is 6.07 Å². The van der Waals surface area contributed by atoms with Gasteiger partial charge in [0.15, 0.2) is 0 Å². The van der Waals surface area contributed by atoms with Gasteiger partial charge in [0, 0.05) is 30.5 Å². The van der Waals surface area contributed by atoms with E-state index in [2.05, 4.69) is 20.5 Å². The number of carbonyl (C=O) groups excluding carboxylic acids is 1. The van der Waals surface area contributed by atoms with Crippen LogP contribution in [0.3, 0.4) is 0 Å². The summed E-state index contributed by atoms with van der Waals surface area (Å²) in [7, 11) is 4.00. The molecule has 1 amide bonds. The van der Waals surface area contributed by atoms with E-state index >= 15 is 0 Å². The largest absolute Gasteiger partial charge is 0.490 e. The van der Waals surface area contributed by atoms with Gasteiger partial charge in [0.25, 0.3) is 5.91 Å². The number of carbonyl (C=O) groups is 1. The van der Waals surface area contributed by atoms with Crippen LogP contribution >= 0.6 is 12.2 Å². The molecule has 0 fully saturated rings. The molecule has 0 saturated carbocycles. The number of hydrogen-bond donors (Lipinski definition) is 2. The van der Waals surface area contributed by atoms with Crippen LogP contribution in [0, 0.1) is 12.7 Å². The average molecular weight is 457 g/mol. The second kappa shape index (κ2) is 11.2. The van der Waals surface area contributed by atoms with Crippen LogP contribution in [0.25, 0.3) is 0 Å². The van der Waals surface area contributed by atoms with Gasteiger partial charge in [-0.2, -0.15) is 0 Å². The highest BCUT2D eigenvalue weighted by Gasteiger charge is 2.24. The molecule has 0 bridgehead atoms. The number of aromatic nitrogens is 1. The van der Waals surface area contributed by atoms with Crippen molar-refractivity contribution in [2.24, 2.45) is 0 Å². The van der Waals surface area contributed by atoms with Crippen LogP contribution in [0.4, 0.5) is 10.1 Å². The Kier molecular flexibility index (Phi) is 8.30. The molecule has 2 N–H and O–H groups in total. The highest BCUT2D eigenvalue weighted by atomic mass is 32.1. The minimum absolute atomic E-state index is 0.199. The fraction of sp³-hybridized carbons (Fsp3) is 0.375. The summed E-state index contributed by atoms with van der Waals surface area (Å²) in [5.74, 6) is 0.238. The van der Waals surface area contributed by atoms with E-state index in [9.17, 15) is 9.18 Å². The number of thiocarbonyl (C=S) groups is 1. The van der Waals surface area contributed by atoms with Gasteiger partial charge in [-0.1, -0.05) is 23.9 Å². The van der Waals surface area contributed by atoms with Crippen LogP contribution in [-0.2, 0) is 11.2 Å². The number of aryl methyl sites for hydroxylation is 1. The maximum Gasteiger partial charge on any atom is 0.254 e. The van der Waals surface area contributed by atoms with Gasteiger partial charge in [0.05, 0.1) is 11.8 Å². The number of rotatable bonds is 9. The summed E-state index contributed by atoms with van der Waals surface area (Å²) in [6.07, 6.45) is 5.56. The fourth-order valence-corrected chi connectivity index (χ4v) is 3.86. The van der Waals surface area contributed by atoms with Gasteiger partial charge >= 0.3 is 0 Å². The Labute approximate surface area is 193 Å². The summed E-state index contributed by atoms with van der Waals surface area (Å²) in [4.78, 5) is 19.2. The van der Waals surface area contributed by atoms with Crippen LogP contribution < -0.4 is 15.4 Å². The van der Waals surface area contributed by atoms with Crippen LogP contribution in [0.15, 0.2) is 47.8 Å². The monoisotopic (exact) mass is 456 g/mol. The van der Waals surface area contributed by atoms with Crippen LogP contribution in [-0.4, -0.2) is 54.6 Å². The summed E-state index contributed by atoms with van der Waals surface area (Å²) in [6, 6.07) is 6.71. The Morgan fingerprint density at radius 1 is 1.31 bits per heavy atom. The number of hydrogen-bond acceptors (Lipinski definition) is 5. The second-order valence-corrected chi connectivity index (χ2v) is 8.39. The van der Waals surface area contributed by atoms with Crippen LogP contribution in [0.5, 0.6) is 5.75 Å². The van der Waals surface area contributed by atoms with Gasteiger partial charge < -0.3 is 20.3 Å². The van der Waals surface area contributed by atoms with E-state index < -0.39 is 0 Å². The number of nitrogens with zero attached hydrogens (tertiary/aromatic N) is 2. The van der Waals surface area contributed by atoms with Crippen LogP contribution in [0.1, 0.15) is 24.0 Å². The highest BCUT2D eigenvalue weighted by Crippen LogP contribution is 2.26. The first-order chi connectivity index (χ1) is 15.4. The Balaban J connectivity index is 1.76. The van der Waals surface area contributed by atoms with Crippen molar-refractivity contribution in [1.82, 2.24) is 15.2 Å². The lowest BCUT2D eigenvalue weighted by Crippen LogP contribution is -2.36. The third-order valence-corrected chi connectivity index (χ3v) is 5.70. The smallest absolute Gasteiger partial charge is 0.254 e. The predicted molar refractivity (Wildman–Crippen MR) is 129 cm³/mol. The lowest BCUT2D eigenvalue weighted by atomic mass is 9.94. The molecule has 6 nitrogen and oxygen atoms in total. The fourth-order valence-electron chi connectivity index (χ4n) is 3.51. The van der Waals surface area contributed by atoms with E-state index in [4.69, 9.17) is 17.0 Å². The number of ether oxygens (including phenoxy) is 1. The van der Waals surface area contributed by atoms with Crippen molar-refractivity contribution in [2.75, 3.05) is 39.1 Å². The molecule has 0 aliphatic carbocycles. The zero-order chi connectivity index (χ0) is 23.1. The Morgan fingerprint density at radius 2 is 2.12 bits per heavy atom. The van der Waals surface area contributed by atoms with Crippen molar-refractivity contribution in [3.8, 4) is 5.75 Å². The van der Waals surface area contributed by atoms with Crippen molar-refractivity contribution in [3.05, 3.63) is 64.7 Å². The molecule has 0 unspecified atom stereocenters. The molecule has 2 aromatic rings. The number of halogens is 1. The molecule has 1 aromatic carbocycles. The minimum Gasteiger partial charge on any atom is -0.490 e. The van der Waals surface area contributed by atoms with Gasteiger partial charge in [0.1, 0.15) is 23.2 Å². The number of amides is 1. The van der Waals surface area contributed by atoms with E-state index in [1.54, 1.807) is 31.5 Å². The number of benzene rings is 1. The lowest BCUT2D eigenvalue weighted by molar-refractivity contribution is -0.117. The summed E-state index contributed by atoms with van der Waals surface area (Å²) in [5.41, 5.74) is 3.52. The number of anilines is 1. The summed E-state index contributed by atoms with van der Waals surface area (Å²) in [5, 5.41) is 5.93. The summed E-state index contributed by atoms with van der Waals surface area (Å²) >= 11 is 5.56. The SMILES string of the molecule is Cc1c(F)cccc1NC(=S)C1=C(CCc2ccncc2OCCN(C)C)CCNC1=O. The lowest BCUT2D eigenvalue weighted by Gasteiger charge is -2.23. The second-order valence-electron chi connectivity index (χ2n) is 7.99. The standard InChI is InChI=1S/C24H29FN4O2S/c1-16-19(25)5-4-6-20(16)28-24(32)22-18(10-12-27-23(22)30)8-7-17-9-11-26-15-21(17)31-14-13-29(2)3/h4-6,9,11,15H,7-8,10,12-14H2,1-3H3,(H,27,30)(H,28,32). The molecule has 2 heterocycles. The molecular formula is C24H29FN4O2S. The molecule has 1 aliphatic rings. The zero-order valence-corrected chi connectivity index (χ0v) is 19.5. The predicted octanol–water partition coefficient (Wildman–Crippen LogP) is 3.66. The van der Waals surface area contributed by atoms with E-state index in [1.807, 2.05) is 20.2 Å². The number of likely N-dealkylation sites (N-methyl/N-ethyl adjacent to an activating group) is 1. The Bertz CT molecular complexity index is 1020. The molecule has 0 radical (unpaired) electrons. The van der Waals surface area contributed by atoms with E-state index in [-0.39, 0.29) is 11.7 Å². The molecular weight excluding hydrogens is 427 g/mol. The van der Waals surface area contributed by atoms with Crippen LogP contribution in [0.2, 0.25) is 0 Å². The number of nitrogens with one attached hydrogen (secondary N) is 2. The first kappa shape index (κ1) is 23.8. The Morgan fingerprint density at radius 3 is 2.91 bits per heavy atom. The Hall–Kier alpha value is -2.84. The third kappa shape index (κ3) is 6.11.